The van der Waals surface area contributed by atoms with Crippen LogP contribution in [0, 0.1) is 0 Å². The number of nitrogens with one attached hydrogen (secondary N) is 3. The fourth-order valence-electron chi connectivity index (χ4n) is 1.47. The van der Waals surface area contributed by atoms with Crippen LogP contribution in [0.25, 0.3) is 0 Å². The van der Waals surface area contributed by atoms with E-state index in [9.17, 15) is 9.59 Å². The monoisotopic (exact) mass is 214 g/mol. The largest absolute Gasteiger partial charge is 0.341 e. The molecule has 0 saturated heterocycles. The quantitative estimate of drug-likeness (QED) is 0.478. The minimum atomic E-state index is -0.493. The van der Waals surface area contributed by atoms with Crippen molar-refractivity contribution >= 4 is 11.9 Å². The molecular formula is C9H18N4O2. The Bertz CT molecular complexity index is 250. The summed E-state index contributed by atoms with van der Waals surface area (Å²) in [5.74, 6) is -0.350. The van der Waals surface area contributed by atoms with Crippen molar-refractivity contribution in [3.8, 4) is 0 Å². The first-order valence-corrected chi connectivity index (χ1v) is 5.07. The van der Waals surface area contributed by atoms with E-state index in [0.29, 0.717) is 6.54 Å². The maximum atomic E-state index is 11.1. The third kappa shape index (κ3) is 3.85. The van der Waals surface area contributed by atoms with Crippen molar-refractivity contribution in [2.24, 2.45) is 5.73 Å². The molecule has 1 rings (SSSR count). The molecule has 0 aromatic rings. The molecule has 86 valence electrons. The van der Waals surface area contributed by atoms with Gasteiger partial charge in [-0.2, -0.15) is 0 Å². The van der Waals surface area contributed by atoms with E-state index >= 15 is 0 Å². The zero-order valence-corrected chi connectivity index (χ0v) is 8.93. The number of carbonyl (C=O) groups excluding carboxylic acids is 2. The van der Waals surface area contributed by atoms with Gasteiger partial charge in [0.25, 0.3) is 0 Å². The molecule has 15 heavy (non-hydrogen) atoms. The van der Waals surface area contributed by atoms with Crippen molar-refractivity contribution in [3.05, 3.63) is 0 Å². The normalized spacial score (nSPS) is 17.7. The van der Waals surface area contributed by atoms with Crippen LogP contribution in [-0.2, 0) is 4.79 Å². The first kappa shape index (κ1) is 11.9. The number of hydrogen-bond donors (Lipinski definition) is 4. The first-order valence-electron chi connectivity index (χ1n) is 5.07. The van der Waals surface area contributed by atoms with E-state index in [0.717, 1.165) is 19.3 Å². The van der Waals surface area contributed by atoms with Crippen molar-refractivity contribution in [2.45, 2.75) is 24.8 Å². The Morgan fingerprint density at radius 3 is 2.53 bits per heavy atom. The molecule has 0 aliphatic heterocycles. The summed E-state index contributed by atoms with van der Waals surface area (Å²) in [5.41, 5.74) is 5.80. The lowest BCUT2D eigenvalue weighted by Gasteiger charge is -2.38. The minimum absolute atomic E-state index is 0.117. The summed E-state index contributed by atoms with van der Waals surface area (Å²) >= 11 is 0. The van der Waals surface area contributed by atoms with Crippen LogP contribution in [0.5, 0.6) is 0 Å². The van der Waals surface area contributed by atoms with Crippen LogP contribution in [0.1, 0.15) is 19.3 Å². The number of carbonyl (C=O) groups is 2. The summed E-state index contributed by atoms with van der Waals surface area (Å²) < 4.78 is 0. The van der Waals surface area contributed by atoms with Crippen LogP contribution in [0.3, 0.4) is 0 Å². The van der Waals surface area contributed by atoms with E-state index in [2.05, 4.69) is 16.0 Å². The van der Waals surface area contributed by atoms with Gasteiger partial charge < -0.3 is 16.4 Å². The van der Waals surface area contributed by atoms with Gasteiger partial charge in [0.2, 0.25) is 5.91 Å². The van der Waals surface area contributed by atoms with Gasteiger partial charge in [-0.1, -0.05) is 0 Å². The molecule has 0 heterocycles. The van der Waals surface area contributed by atoms with E-state index in [1.165, 1.54) is 7.05 Å². The average molecular weight is 214 g/mol. The highest BCUT2D eigenvalue weighted by molar-refractivity contribution is 5.95. The number of urea groups is 1. The Morgan fingerprint density at radius 1 is 1.40 bits per heavy atom. The highest BCUT2D eigenvalue weighted by atomic mass is 16.2. The molecule has 3 amide bonds. The van der Waals surface area contributed by atoms with E-state index in [4.69, 9.17) is 5.73 Å². The molecule has 6 heteroatoms. The number of imide groups is 1. The molecule has 0 unspecified atom stereocenters. The molecule has 0 bridgehead atoms. The zero-order chi connectivity index (χ0) is 11.3. The maximum absolute atomic E-state index is 11.1. The lowest BCUT2D eigenvalue weighted by molar-refractivity contribution is -0.119. The number of hydrogen-bond acceptors (Lipinski definition) is 4. The molecule has 0 spiro atoms. The van der Waals surface area contributed by atoms with E-state index in [-0.39, 0.29) is 18.0 Å². The standard InChI is InChI=1S/C9H18N4O2/c1-11-8(15)13-7(14)5-12-6-9(10)3-2-4-9/h12H,2-6,10H2,1H3,(H2,11,13,14,15). The van der Waals surface area contributed by atoms with Crippen LogP contribution in [0.4, 0.5) is 4.79 Å². The van der Waals surface area contributed by atoms with Crippen molar-refractivity contribution in [2.75, 3.05) is 20.1 Å². The molecule has 0 aromatic carbocycles. The van der Waals surface area contributed by atoms with Gasteiger partial charge in [-0.3, -0.25) is 10.1 Å². The van der Waals surface area contributed by atoms with Crippen LogP contribution in [-0.4, -0.2) is 37.6 Å². The summed E-state index contributed by atoms with van der Waals surface area (Å²) in [7, 11) is 1.46. The molecular weight excluding hydrogens is 196 g/mol. The van der Waals surface area contributed by atoms with Gasteiger partial charge in [0, 0.05) is 19.1 Å². The van der Waals surface area contributed by atoms with E-state index in [1.807, 2.05) is 0 Å². The molecule has 1 fully saturated rings. The molecule has 0 aromatic heterocycles. The maximum Gasteiger partial charge on any atom is 0.321 e. The summed E-state index contributed by atoms with van der Waals surface area (Å²) in [6, 6.07) is -0.493. The van der Waals surface area contributed by atoms with Crippen LogP contribution in [0.15, 0.2) is 0 Å². The van der Waals surface area contributed by atoms with Crippen LogP contribution < -0.4 is 21.7 Å². The van der Waals surface area contributed by atoms with Gasteiger partial charge in [-0.15, -0.1) is 0 Å². The highest BCUT2D eigenvalue weighted by Gasteiger charge is 2.31. The molecule has 0 atom stereocenters. The van der Waals surface area contributed by atoms with Gasteiger partial charge in [0.15, 0.2) is 0 Å². The third-order valence-corrected chi connectivity index (χ3v) is 2.59. The minimum Gasteiger partial charge on any atom is -0.341 e. The summed E-state index contributed by atoms with van der Waals surface area (Å²) in [6.45, 7) is 0.737. The van der Waals surface area contributed by atoms with E-state index in [1.54, 1.807) is 0 Å². The summed E-state index contributed by atoms with van der Waals surface area (Å²) in [5, 5.41) is 7.40. The van der Waals surface area contributed by atoms with Crippen molar-refractivity contribution in [3.63, 3.8) is 0 Å². The van der Waals surface area contributed by atoms with Gasteiger partial charge in [-0.25, -0.2) is 4.79 Å². The Balaban J connectivity index is 2.09. The van der Waals surface area contributed by atoms with E-state index < -0.39 is 6.03 Å². The second kappa shape index (κ2) is 5.09. The topological polar surface area (TPSA) is 96.2 Å². The highest BCUT2D eigenvalue weighted by Crippen LogP contribution is 2.27. The Labute approximate surface area is 89.0 Å². The molecule has 5 N–H and O–H groups in total. The lowest BCUT2D eigenvalue weighted by Crippen LogP contribution is -2.55. The number of nitrogens with two attached hydrogens (primary N) is 1. The zero-order valence-electron chi connectivity index (χ0n) is 8.93. The van der Waals surface area contributed by atoms with Gasteiger partial charge in [0.1, 0.15) is 0 Å². The number of rotatable bonds is 4. The molecule has 1 saturated carbocycles. The molecule has 0 radical (unpaired) electrons. The molecule has 1 aliphatic carbocycles. The SMILES string of the molecule is CNC(=O)NC(=O)CNCC1(N)CCC1. The van der Waals surface area contributed by atoms with Gasteiger partial charge in [0.05, 0.1) is 6.54 Å². The molecule has 1 aliphatic rings. The van der Waals surface area contributed by atoms with Crippen LogP contribution >= 0.6 is 0 Å². The second-order valence-corrected chi connectivity index (χ2v) is 3.95. The fraction of sp³-hybridized carbons (Fsp3) is 0.778. The van der Waals surface area contributed by atoms with Crippen molar-refractivity contribution < 1.29 is 9.59 Å². The number of amides is 3. The first-order chi connectivity index (χ1) is 7.06. The lowest BCUT2D eigenvalue weighted by atomic mass is 9.78. The summed E-state index contributed by atoms with van der Waals surface area (Å²) in [4.78, 5) is 21.9. The second-order valence-electron chi connectivity index (χ2n) is 3.95. The Morgan fingerprint density at radius 2 is 2.07 bits per heavy atom. The fourth-order valence-corrected chi connectivity index (χ4v) is 1.47. The van der Waals surface area contributed by atoms with Crippen molar-refractivity contribution in [1.82, 2.24) is 16.0 Å². The van der Waals surface area contributed by atoms with Crippen LogP contribution in [0.2, 0.25) is 0 Å². The molecule has 6 nitrogen and oxygen atoms in total. The smallest absolute Gasteiger partial charge is 0.321 e. The third-order valence-electron chi connectivity index (χ3n) is 2.59. The summed E-state index contributed by atoms with van der Waals surface area (Å²) in [6.07, 6.45) is 3.15. The average Bonchev–Trinajstić information content (AvgIpc) is 2.15. The Hall–Kier alpha value is -1.14. The van der Waals surface area contributed by atoms with Gasteiger partial charge >= 0.3 is 6.03 Å². The van der Waals surface area contributed by atoms with Gasteiger partial charge in [-0.05, 0) is 19.3 Å². The predicted molar refractivity (Wildman–Crippen MR) is 56.2 cm³/mol. The Kier molecular flexibility index (Phi) is 4.05. The van der Waals surface area contributed by atoms with Crippen molar-refractivity contribution in [1.29, 1.82) is 0 Å². The predicted octanol–water partition coefficient (Wildman–Crippen LogP) is -1.09.